The Kier molecular flexibility index (Phi) is 1.56. The Morgan fingerprint density at radius 2 is 1.53 bits per heavy atom. The van der Waals surface area contributed by atoms with E-state index >= 15 is 0 Å². The normalized spacial score (nSPS) is 11.5. The smallest absolute Gasteiger partial charge is 0.248 e. The minimum absolute atomic E-state index is 0.580. The molecule has 0 amide bonds. The van der Waals surface area contributed by atoms with Crippen molar-refractivity contribution in [2.45, 2.75) is 0 Å². The van der Waals surface area contributed by atoms with Gasteiger partial charge in [0.2, 0.25) is 12.3 Å². The number of hydrogen-bond donors (Lipinski definition) is 0. The number of aromatic nitrogens is 2. The molecule has 0 spiro atoms. The Labute approximate surface area is 97.7 Å². The van der Waals surface area contributed by atoms with Crippen LogP contribution in [0, 0.1) is 0 Å². The zero-order valence-corrected chi connectivity index (χ0v) is 8.92. The van der Waals surface area contributed by atoms with Gasteiger partial charge in [0.05, 0.1) is 0 Å². The van der Waals surface area contributed by atoms with Crippen molar-refractivity contribution in [3.63, 3.8) is 0 Å². The summed E-state index contributed by atoms with van der Waals surface area (Å²) in [6, 6.07) is 14.5. The fourth-order valence-electron chi connectivity index (χ4n) is 2.41. The molecule has 0 bridgehead atoms. The van der Waals surface area contributed by atoms with E-state index < -0.39 is 0 Å². The van der Waals surface area contributed by atoms with Crippen LogP contribution < -0.4 is 0 Å². The molecule has 3 nitrogen and oxygen atoms in total. The lowest BCUT2D eigenvalue weighted by atomic mass is 9.78. The van der Waals surface area contributed by atoms with Crippen LogP contribution in [0.5, 0.6) is 0 Å². The van der Waals surface area contributed by atoms with E-state index in [-0.39, 0.29) is 0 Å². The minimum atomic E-state index is 0.580. The van der Waals surface area contributed by atoms with Gasteiger partial charge in [-0.2, -0.15) is 0 Å². The number of hydrogen-bond acceptors (Lipinski definition) is 3. The molecule has 1 heterocycles. The van der Waals surface area contributed by atoms with Crippen LogP contribution in [0.25, 0.3) is 33.7 Å². The molecule has 0 aliphatic heterocycles. The van der Waals surface area contributed by atoms with E-state index in [0.29, 0.717) is 5.89 Å². The van der Waals surface area contributed by atoms with Crippen LogP contribution in [-0.2, 0) is 0 Å². The first-order valence-corrected chi connectivity index (χ1v) is 5.44. The van der Waals surface area contributed by atoms with E-state index in [0.717, 1.165) is 5.56 Å². The van der Waals surface area contributed by atoms with Crippen molar-refractivity contribution in [1.29, 1.82) is 0 Å². The monoisotopic (exact) mass is 220 g/mol. The molecule has 0 unspecified atom stereocenters. The molecule has 3 heteroatoms. The molecule has 4 rings (SSSR count). The highest BCUT2D eigenvalue weighted by atomic mass is 16.4. The molecule has 1 aromatic heterocycles. The summed E-state index contributed by atoms with van der Waals surface area (Å²) in [4.78, 5) is 0. The van der Waals surface area contributed by atoms with Crippen molar-refractivity contribution in [3.05, 3.63) is 48.9 Å². The molecule has 0 N–H and O–H groups in total. The van der Waals surface area contributed by atoms with Gasteiger partial charge in [-0.1, -0.05) is 36.4 Å². The van der Waals surface area contributed by atoms with Crippen molar-refractivity contribution < 1.29 is 4.42 Å². The van der Waals surface area contributed by atoms with Gasteiger partial charge in [-0.15, -0.1) is 10.2 Å². The molecule has 1 aliphatic rings. The number of rotatable bonds is 1. The first-order valence-electron chi connectivity index (χ1n) is 5.44. The topological polar surface area (TPSA) is 38.9 Å². The summed E-state index contributed by atoms with van der Waals surface area (Å²) in [5.74, 6) is 0.580. The van der Waals surface area contributed by atoms with E-state index in [1.165, 1.54) is 28.6 Å². The first kappa shape index (κ1) is 8.70. The highest BCUT2D eigenvalue weighted by molar-refractivity contribution is 6.07. The SMILES string of the molecule is c1ccc2c(c1)-c1cccc(-c3nnco3)c1-2. The highest BCUT2D eigenvalue weighted by Crippen LogP contribution is 2.50. The van der Waals surface area contributed by atoms with Crippen LogP contribution in [0.3, 0.4) is 0 Å². The molecule has 0 atom stereocenters. The predicted octanol–water partition coefficient (Wildman–Crippen LogP) is 3.38. The molecule has 2 aromatic carbocycles. The third-order valence-corrected chi connectivity index (χ3v) is 3.14. The molecule has 1 aliphatic carbocycles. The molecule has 0 saturated carbocycles. The van der Waals surface area contributed by atoms with Gasteiger partial charge in [0.1, 0.15) is 0 Å². The van der Waals surface area contributed by atoms with Crippen molar-refractivity contribution in [1.82, 2.24) is 10.2 Å². The quantitative estimate of drug-likeness (QED) is 0.493. The van der Waals surface area contributed by atoms with Crippen molar-refractivity contribution in [2.24, 2.45) is 0 Å². The lowest BCUT2D eigenvalue weighted by molar-refractivity contribution is 0.569. The minimum Gasteiger partial charge on any atom is -0.423 e. The second kappa shape index (κ2) is 3.04. The van der Waals surface area contributed by atoms with Crippen LogP contribution in [-0.4, -0.2) is 10.2 Å². The van der Waals surface area contributed by atoms with E-state index in [1.807, 2.05) is 18.2 Å². The van der Waals surface area contributed by atoms with Gasteiger partial charge in [-0.3, -0.25) is 0 Å². The molecule has 0 radical (unpaired) electrons. The maximum atomic E-state index is 5.28. The van der Waals surface area contributed by atoms with Gasteiger partial charge >= 0.3 is 0 Å². The summed E-state index contributed by atoms with van der Waals surface area (Å²) >= 11 is 0. The maximum Gasteiger partial charge on any atom is 0.248 e. The number of nitrogens with zero attached hydrogens (tertiary/aromatic N) is 2. The lowest BCUT2D eigenvalue weighted by Gasteiger charge is -2.25. The zero-order valence-electron chi connectivity index (χ0n) is 8.92. The van der Waals surface area contributed by atoms with Crippen LogP contribution in [0.2, 0.25) is 0 Å². The molecule has 0 fully saturated rings. The average molecular weight is 220 g/mol. The van der Waals surface area contributed by atoms with Gasteiger partial charge in [0, 0.05) is 11.1 Å². The Morgan fingerprint density at radius 1 is 0.765 bits per heavy atom. The molecule has 80 valence electrons. The second-order valence-corrected chi connectivity index (χ2v) is 4.02. The fraction of sp³-hybridized carbons (Fsp3) is 0. The third-order valence-electron chi connectivity index (χ3n) is 3.14. The molecule has 0 saturated heterocycles. The zero-order chi connectivity index (χ0) is 11.2. The van der Waals surface area contributed by atoms with Crippen molar-refractivity contribution in [2.75, 3.05) is 0 Å². The molecule has 3 aromatic rings. The third kappa shape index (κ3) is 1.05. The Morgan fingerprint density at radius 3 is 2.35 bits per heavy atom. The second-order valence-electron chi connectivity index (χ2n) is 4.02. The fourth-order valence-corrected chi connectivity index (χ4v) is 2.41. The van der Waals surface area contributed by atoms with E-state index in [2.05, 4.69) is 34.5 Å². The predicted molar refractivity (Wildman–Crippen MR) is 64.2 cm³/mol. The summed E-state index contributed by atoms with van der Waals surface area (Å²) in [7, 11) is 0. The van der Waals surface area contributed by atoms with Crippen molar-refractivity contribution >= 4 is 0 Å². The molecular weight excluding hydrogens is 212 g/mol. The van der Waals surface area contributed by atoms with Gasteiger partial charge < -0.3 is 4.42 Å². The largest absolute Gasteiger partial charge is 0.423 e. The van der Waals surface area contributed by atoms with E-state index in [4.69, 9.17) is 4.42 Å². The Bertz CT molecular complexity index is 702. The van der Waals surface area contributed by atoms with Crippen LogP contribution in [0.1, 0.15) is 0 Å². The summed E-state index contributed by atoms with van der Waals surface area (Å²) < 4.78 is 5.28. The summed E-state index contributed by atoms with van der Waals surface area (Å²) in [6.45, 7) is 0. The molecular formula is C14H8N2O. The summed E-state index contributed by atoms with van der Waals surface area (Å²) in [5.41, 5.74) is 6.04. The standard InChI is InChI=1S/C14H8N2O/c1-2-5-10-9(4-1)11-6-3-7-12(13(10)11)14-16-15-8-17-14/h1-8H. The highest BCUT2D eigenvalue weighted by Gasteiger charge is 2.26. The van der Waals surface area contributed by atoms with Crippen LogP contribution >= 0.6 is 0 Å². The van der Waals surface area contributed by atoms with Gasteiger partial charge in [0.25, 0.3) is 0 Å². The summed E-state index contributed by atoms with van der Waals surface area (Å²) in [6.07, 6.45) is 1.36. The van der Waals surface area contributed by atoms with E-state index in [9.17, 15) is 0 Å². The maximum absolute atomic E-state index is 5.28. The average Bonchev–Trinajstić information content (AvgIpc) is 2.89. The van der Waals surface area contributed by atoms with Gasteiger partial charge in [0.15, 0.2) is 0 Å². The van der Waals surface area contributed by atoms with Crippen LogP contribution in [0.4, 0.5) is 0 Å². The Balaban J connectivity index is 2.00. The number of fused-ring (bicyclic) bond motifs is 4. The van der Waals surface area contributed by atoms with Gasteiger partial charge in [-0.05, 0) is 22.8 Å². The lowest BCUT2D eigenvalue weighted by Crippen LogP contribution is -2.00. The van der Waals surface area contributed by atoms with Crippen molar-refractivity contribution in [3.8, 4) is 33.7 Å². The first-order chi connectivity index (χ1) is 8.45. The van der Waals surface area contributed by atoms with E-state index in [1.54, 1.807) is 0 Å². The molecule has 17 heavy (non-hydrogen) atoms. The number of benzene rings is 2. The van der Waals surface area contributed by atoms with Gasteiger partial charge in [-0.25, -0.2) is 0 Å². The Hall–Kier alpha value is -2.42. The summed E-state index contributed by atoms with van der Waals surface area (Å²) in [5, 5.41) is 7.71. The van der Waals surface area contributed by atoms with Crippen LogP contribution in [0.15, 0.2) is 53.3 Å².